The van der Waals surface area contributed by atoms with Crippen LogP contribution in [0.3, 0.4) is 0 Å². The van der Waals surface area contributed by atoms with E-state index < -0.39 is 0 Å². The monoisotopic (exact) mass is 348 g/mol. The fraction of sp³-hybridized carbons (Fsp3) is 0.500. The van der Waals surface area contributed by atoms with E-state index in [9.17, 15) is 9.59 Å². The van der Waals surface area contributed by atoms with Gasteiger partial charge in [-0.15, -0.1) is 10.2 Å². The number of nitrogens with zero attached hydrogens (tertiary/aromatic N) is 3. The Bertz CT molecular complexity index is 733. The van der Waals surface area contributed by atoms with Crippen LogP contribution in [-0.2, 0) is 21.5 Å². The van der Waals surface area contributed by atoms with E-state index >= 15 is 0 Å². The number of aromatic nitrogens is 2. The first-order valence-corrected chi connectivity index (χ1v) is 8.59. The van der Waals surface area contributed by atoms with Gasteiger partial charge in [0.15, 0.2) is 0 Å². The molecule has 1 aliphatic rings. The second kappa shape index (κ2) is 6.35. The Hall–Kier alpha value is -2.22. The van der Waals surface area contributed by atoms with Crippen LogP contribution >= 0.6 is 11.3 Å². The third-order valence-electron chi connectivity index (χ3n) is 3.81. The summed E-state index contributed by atoms with van der Waals surface area (Å²) >= 11 is 1.36. The van der Waals surface area contributed by atoms with Crippen molar-refractivity contribution in [2.24, 2.45) is 5.92 Å². The van der Waals surface area contributed by atoms with E-state index in [0.717, 1.165) is 5.01 Å². The molecule has 3 rings (SSSR count). The van der Waals surface area contributed by atoms with Crippen molar-refractivity contribution in [3.8, 4) is 0 Å². The smallest absolute Gasteiger partial charge is 0.231 e. The minimum Gasteiger partial charge on any atom is -0.467 e. The van der Waals surface area contributed by atoms with Crippen molar-refractivity contribution in [2.45, 2.75) is 39.2 Å². The van der Waals surface area contributed by atoms with Gasteiger partial charge in [-0.1, -0.05) is 32.1 Å². The summed E-state index contributed by atoms with van der Waals surface area (Å²) in [5.41, 5.74) is -0.107. The van der Waals surface area contributed by atoms with E-state index in [1.54, 1.807) is 17.2 Å². The molecule has 3 heterocycles. The summed E-state index contributed by atoms with van der Waals surface area (Å²) in [6.45, 7) is 6.91. The molecule has 0 spiro atoms. The average Bonchev–Trinajstić information content (AvgIpc) is 3.21. The highest BCUT2D eigenvalue weighted by Crippen LogP contribution is 2.28. The first-order chi connectivity index (χ1) is 11.3. The molecule has 2 aromatic heterocycles. The number of carbonyl (C=O) groups excluding carboxylic acids is 2. The van der Waals surface area contributed by atoms with Gasteiger partial charge in [-0.25, -0.2) is 0 Å². The molecule has 0 unspecified atom stereocenters. The third-order valence-corrected chi connectivity index (χ3v) is 5.07. The van der Waals surface area contributed by atoms with Crippen molar-refractivity contribution in [3.63, 3.8) is 0 Å². The van der Waals surface area contributed by atoms with Gasteiger partial charge in [0.05, 0.1) is 18.7 Å². The maximum Gasteiger partial charge on any atom is 0.231 e. The Morgan fingerprint density at radius 2 is 2.25 bits per heavy atom. The minimum atomic E-state index is -0.380. The molecule has 1 N–H and O–H groups in total. The van der Waals surface area contributed by atoms with E-state index in [-0.39, 0.29) is 29.6 Å². The molecule has 8 heteroatoms. The Kier molecular flexibility index (Phi) is 4.40. The quantitative estimate of drug-likeness (QED) is 0.917. The summed E-state index contributed by atoms with van der Waals surface area (Å²) in [6.07, 6.45) is 1.78. The molecule has 0 radical (unpaired) electrons. The number of amides is 2. The molecule has 0 aromatic carbocycles. The van der Waals surface area contributed by atoms with E-state index in [1.807, 2.05) is 26.8 Å². The Balaban J connectivity index is 1.60. The molecule has 1 saturated heterocycles. The van der Waals surface area contributed by atoms with Crippen molar-refractivity contribution in [1.29, 1.82) is 0 Å². The maximum absolute atomic E-state index is 12.4. The molecular formula is C16H20N4O3S. The normalized spacial score (nSPS) is 18.2. The van der Waals surface area contributed by atoms with Crippen molar-refractivity contribution in [2.75, 3.05) is 11.9 Å². The fourth-order valence-electron chi connectivity index (χ4n) is 2.48. The highest BCUT2D eigenvalue weighted by molar-refractivity contribution is 7.15. The molecule has 2 amide bonds. The lowest BCUT2D eigenvalue weighted by molar-refractivity contribution is -0.128. The van der Waals surface area contributed by atoms with Crippen LogP contribution in [0.25, 0.3) is 0 Å². The second-order valence-corrected chi connectivity index (χ2v) is 7.88. The van der Waals surface area contributed by atoms with Crippen LogP contribution in [0.15, 0.2) is 22.8 Å². The summed E-state index contributed by atoms with van der Waals surface area (Å²) in [6, 6.07) is 3.60. The third kappa shape index (κ3) is 3.64. The second-order valence-electron chi connectivity index (χ2n) is 6.91. The van der Waals surface area contributed by atoms with Gasteiger partial charge in [0.1, 0.15) is 10.8 Å². The molecule has 1 aliphatic heterocycles. The summed E-state index contributed by atoms with van der Waals surface area (Å²) in [7, 11) is 0. The van der Waals surface area contributed by atoms with Crippen LogP contribution in [0.1, 0.15) is 38.0 Å². The molecule has 1 atom stereocenters. The lowest BCUT2D eigenvalue weighted by atomic mass is 9.98. The molecule has 0 saturated carbocycles. The highest BCUT2D eigenvalue weighted by Gasteiger charge is 2.35. The van der Waals surface area contributed by atoms with Gasteiger partial charge in [-0.05, 0) is 12.1 Å². The van der Waals surface area contributed by atoms with Crippen LogP contribution in [0, 0.1) is 5.92 Å². The van der Waals surface area contributed by atoms with E-state index in [4.69, 9.17) is 4.42 Å². The number of furan rings is 1. The van der Waals surface area contributed by atoms with Gasteiger partial charge in [0.25, 0.3) is 0 Å². The Labute approximate surface area is 144 Å². The molecule has 24 heavy (non-hydrogen) atoms. The van der Waals surface area contributed by atoms with Crippen LogP contribution in [0.2, 0.25) is 0 Å². The molecule has 7 nitrogen and oxygen atoms in total. The zero-order chi connectivity index (χ0) is 17.3. The van der Waals surface area contributed by atoms with Gasteiger partial charge in [-0.2, -0.15) is 0 Å². The predicted octanol–water partition coefficient (Wildman–Crippen LogP) is 2.42. The van der Waals surface area contributed by atoms with Crippen molar-refractivity contribution in [1.82, 2.24) is 15.1 Å². The summed E-state index contributed by atoms with van der Waals surface area (Å²) < 4.78 is 5.26. The number of hydrogen-bond donors (Lipinski definition) is 1. The zero-order valence-electron chi connectivity index (χ0n) is 13.9. The summed E-state index contributed by atoms with van der Waals surface area (Å²) in [4.78, 5) is 26.1. The fourth-order valence-corrected chi connectivity index (χ4v) is 3.28. The number of hydrogen-bond acceptors (Lipinski definition) is 6. The van der Waals surface area contributed by atoms with Crippen LogP contribution < -0.4 is 5.32 Å². The molecule has 0 aliphatic carbocycles. The van der Waals surface area contributed by atoms with Crippen LogP contribution in [0.4, 0.5) is 5.13 Å². The SMILES string of the molecule is CC(C)(C)c1nnc(NC(=O)[C@@H]2CC(=O)N(Cc3ccco3)C2)s1. The number of anilines is 1. The van der Waals surface area contributed by atoms with Crippen molar-refractivity contribution < 1.29 is 14.0 Å². The molecule has 0 bridgehead atoms. The molecule has 1 fully saturated rings. The van der Waals surface area contributed by atoms with Crippen molar-refractivity contribution >= 4 is 28.3 Å². The molecular weight excluding hydrogens is 328 g/mol. The summed E-state index contributed by atoms with van der Waals surface area (Å²) in [5.74, 6) is 0.0962. The standard InChI is InChI=1S/C16H20N4O3S/c1-16(2,3)14-18-19-15(24-14)17-13(22)10-7-12(21)20(8-10)9-11-5-4-6-23-11/h4-6,10H,7-9H2,1-3H3,(H,17,19,22)/t10-/m1/s1. The average molecular weight is 348 g/mol. The molecule has 128 valence electrons. The minimum absolute atomic E-state index is 0.0424. The van der Waals surface area contributed by atoms with E-state index in [2.05, 4.69) is 15.5 Å². The van der Waals surface area contributed by atoms with E-state index in [1.165, 1.54) is 11.3 Å². The zero-order valence-corrected chi connectivity index (χ0v) is 14.7. The maximum atomic E-state index is 12.4. The van der Waals surface area contributed by atoms with Crippen molar-refractivity contribution in [3.05, 3.63) is 29.2 Å². The lowest BCUT2D eigenvalue weighted by Crippen LogP contribution is -2.27. The van der Waals surface area contributed by atoms with Gasteiger partial charge in [0.2, 0.25) is 16.9 Å². The van der Waals surface area contributed by atoms with Gasteiger partial charge >= 0.3 is 0 Å². The number of carbonyl (C=O) groups is 2. The van der Waals surface area contributed by atoms with Crippen LogP contribution in [-0.4, -0.2) is 33.5 Å². The predicted molar refractivity (Wildman–Crippen MR) is 89.5 cm³/mol. The van der Waals surface area contributed by atoms with E-state index in [0.29, 0.717) is 24.0 Å². The Morgan fingerprint density at radius 3 is 2.88 bits per heavy atom. The van der Waals surface area contributed by atoms with Gasteiger partial charge in [0, 0.05) is 18.4 Å². The highest BCUT2D eigenvalue weighted by atomic mass is 32.1. The number of likely N-dealkylation sites (tertiary alicyclic amines) is 1. The summed E-state index contributed by atoms with van der Waals surface area (Å²) in [5, 5.41) is 12.2. The Morgan fingerprint density at radius 1 is 1.46 bits per heavy atom. The van der Waals surface area contributed by atoms with Crippen LogP contribution in [0.5, 0.6) is 0 Å². The first kappa shape index (κ1) is 16.6. The number of rotatable bonds is 4. The lowest BCUT2D eigenvalue weighted by Gasteiger charge is -2.14. The van der Waals surface area contributed by atoms with Gasteiger partial charge in [-0.3, -0.25) is 9.59 Å². The van der Waals surface area contributed by atoms with Gasteiger partial charge < -0.3 is 14.6 Å². The topological polar surface area (TPSA) is 88.3 Å². The molecule has 2 aromatic rings. The number of nitrogens with one attached hydrogen (secondary N) is 1. The largest absolute Gasteiger partial charge is 0.467 e. The first-order valence-electron chi connectivity index (χ1n) is 7.78.